The van der Waals surface area contributed by atoms with Crippen LogP contribution < -0.4 is 10.1 Å². The van der Waals surface area contributed by atoms with Crippen molar-refractivity contribution in [2.45, 2.75) is 13.0 Å². The van der Waals surface area contributed by atoms with Crippen molar-refractivity contribution in [1.82, 2.24) is 5.32 Å². The fraction of sp³-hybridized carbons (Fsp3) is 0.286. The van der Waals surface area contributed by atoms with Crippen molar-refractivity contribution in [3.8, 4) is 5.75 Å². The Labute approximate surface area is 129 Å². The first-order chi connectivity index (χ1) is 9.17. The third-order valence-corrected chi connectivity index (χ3v) is 4.10. The third kappa shape index (κ3) is 3.22. The Kier molecular flexibility index (Phi) is 5.07. The molecule has 0 aliphatic carbocycles. The predicted molar refractivity (Wildman–Crippen MR) is 82.6 cm³/mol. The van der Waals surface area contributed by atoms with Crippen LogP contribution in [0.1, 0.15) is 24.3 Å². The number of methoxy groups -OCH3 is 1. The van der Waals surface area contributed by atoms with Crippen molar-refractivity contribution in [2.24, 2.45) is 0 Å². The molecule has 0 radical (unpaired) electrons. The number of hydrogen-bond acceptors (Lipinski definition) is 3. The summed E-state index contributed by atoms with van der Waals surface area (Å²) >= 11 is 7.02. The van der Waals surface area contributed by atoms with Crippen LogP contribution in [0.3, 0.4) is 0 Å². The molecular formula is C14H15Br2NO2. The van der Waals surface area contributed by atoms with E-state index < -0.39 is 0 Å². The quantitative estimate of drug-likeness (QED) is 0.817. The highest BCUT2D eigenvalue weighted by molar-refractivity contribution is 9.10. The molecule has 1 unspecified atom stereocenters. The normalized spacial score (nSPS) is 12.4. The summed E-state index contributed by atoms with van der Waals surface area (Å²) < 4.78 is 12.7. The van der Waals surface area contributed by atoms with Crippen molar-refractivity contribution in [2.75, 3.05) is 13.7 Å². The molecule has 3 nitrogen and oxygen atoms in total. The number of ether oxygens (including phenoxy) is 1. The smallest absolute Gasteiger partial charge is 0.139 e. The van der Waals surface area contributed by atoms with Crippen molar-refractivity contribution in [3.63, 3.8) is 0 Å². The number of halogens is 2. The number of furan rings is 1. The van der Waals surface area contributed by atoms with Crippen LogP contribution in [0.5, 0.6) is 5.75 Å². The summed E-state index contributed by atoms with van der Waals surface area (Å²) in [4.78, 5) is 0. The first kappa shape index (κ1) is 14.6. The van der Waals surface area contributed by atoms with Gasteiger partial charge in [-0.05, 0) is 62.2 Å². The van der Waals surface area contributed by atoms with Crippen molar-refractivity contribution in [1.29, 1.82) is 0 Å². The lowest BCUT2D eigenvalue weighted by atomic mass is 10.0. The van der Waals surface area contributed by atoms with Gasteiger partial charge >= 0.3 is 0 Å². The van der Waals surface area contributed by atoms with E-state index in [4.69, 9.17) is 9.15 Å². The average molecular weight is 389 g/mol. The summed E-state index contributed by atoms with van der Waals surface area (Å²) in [6.45, 7) is 2.92. The van der Waals surface area contributed by atoms with Gasteiger partial charge in [-0.1, -0.05) is 13.0 Å². The number of benzene rings is 1. The molecule has 0 aliphatic rings. The topological polar surface area (TPSA) is 34.4 Å². The fourth-order valence-electron chi connectivity index (χ4n) is 1.94. The molecule has 2 rings (SSSR count). The summed E-state index contributed by atoms with van der Waals surface area (Å²) in [7, 11) is 1.66. The maximum atomic E-state index is 5.57. The molecule has 0 spiro atoms. The van der Waals surface area contributed by atoms with E-state index in [1.54, 1.807) is 13.4 Å². The second-order valence-electron chi connectivity index (χ2n) is 4.02. The van der Waals surface area contributed by atoms with E-state index in [0.717, 1.165) is 32.6 Å². The van der Waals surface area contributed by atoms with E-state index in [1.807, 2.05) is 24.3 Å². The Morgan fingerprint density at radius 2 is 2.05 bits per heavy atom. The van der Waals surface area contributed by atoms with Crippen molar-refractivity contribution < 1.29 is 9.15 Å². The molecule has 5 heteroatoms. The lowest BCUT2D eigenvalue weighted by Gasteiger charge is -2.17. The molecule has 102 valence electrons. The van der Waals surface area contributed by atoms with Gasteiger partial charge in [-0.3, -0.25) is 0 Å². The van der Waals surface area contributed by atoms with E-state index in [-0.39, 0.29) is 6.04 Å². The lowest BCUT2D eigenvalue weighted by Crippen LogP contribution is -2.21. The van der Waals surface area contributed by atoms with Crippen LogP contribution in [0, 0.1) is 0 Å². The van der Waals surface area contributed by atoms with Gasteiger partial charge in [0.05, 0.1) is 28.4 Å². The largest absolute Gasteiger partial charge is 0.496 e. The molecule has 0 aliphatic heterocycles. The van der Waals surface area contributed by atoms with E-state index >= 15 is 0 Å². The van der Waals surface area contributed by atoms with Gasteiger partial charge in [-0.2, -0.15) is 0 Å². The standard InChI is InChI=1S/C14H15Br2NO2/c1-3-17-13(14-10(15)6-7-19-14)9-4-5-12(18-2)11(16)8-9/h4-8,13,17H,3H2,1-2H3. The molecule has 0 amide bonds. The summed E-state index contributed by atoms with van der Waals surface area (Å²) in [5, 5.41) is 3.42. The van der Waals surface area contributed by atoms with Crippen LogP contribution >= 0.6 is 31.9 Å². The van der Waals surface area contributed by atoms with Gasteiger partial charge < -0.3 is 14.5 Å². The highest BCUT2D eigenvalue weighted by Crippen LogP contribution is 2.33. The average Bonchev–Trinajstić information content (AvgIpc) is 2.82. The van der Waals surface area contributed by atoms with Crippen LogP contribution in [-0.4, -0.2) is 13.7 Å². The molecule has 1 atom stereocenters. The number of rotatable bonds is 5. The van der Waals surface area contributed by atoms with Crippen LogP contribution in [0.15, 0.2) is 43.9 Å². The Bertz CT molecular complexity index is 554. The second kappa shape index (κ2) is 6.59. The van der Waals surface area contributed by atoms with Gasteiger partial charge in [0.15, 0.2) is 0 Å². The Hall–Kier alpha value is -0.780. The summed E-state index contributed by atoms with van der Waals surface area (Å²) in [6.07, 6.45) is 1.68. The summed E-state index contributed by atoms with van der Waals surface area (Å²) in [6, 6.07) is 7.93. The molecule has 1 aromatic heterocycles. The number of hydrogen-bond donors (Lipinski definition) is 1. The fourth-order valence-corrected chi connectivity index (χ4v) is 2.93. The zero-order chi connectivity index (χ0) is 13.8. The second-order valence-corrected chi connectivity index (χ2v) is 5.73. The molecule has 1 N–H and O–H groups in total. The van der Waals surface area contributed by atoms with E-state index in [0.29, 0.717) is 0 Å². The third-order valence-electron chi connectivity index (χ3n) is 2.82. The van der Waals surface area contributed by atoms with Gasteiger partial charge in [0, 0.05) is 0 Å². The van der Waals surface area contributed by atoms with Gasteiger partial charge in [-0.25, -0.2) is 0 Å². The SMILES string of the molecule is CCNC(c1ccc(OC)c(Br)c1)c1occc1Br. The van der Waals surface area contributed by atoms with Crippen LogP contribution in [-0.2, 0) is 0 Å². The van der Waals surface area contributed by atoms with Gasteiger partial charge in [0.1, 0.15) is 11.5 Å². The monoisotopic (exact) mass is 387 g/mol. The molecule has 1 heterocycles. The minimum absolute atomic E-state index is 0.0107. The zero-order valence-corrected chi connectivity index (χ0v) is 13.9. The van der Waals surface area contributed by atoms with E-state index in [9.17, 15) is 0 Å². The molecule has 1 aromatic carbocycles. The Morgan fingerprint density at radius 1 is 1.26 bits per heavy atom. The van der Waals surface area contributed by atoms with Crippen LogP contribution in [0.25, 0.3) is 0 Å². The van der Waals surface area contributed by atoms with Crippen molar-refractivity contribution >= 4 is 31.9 Å². The van der Waals surface area contributed by atoms with Crippen LogP contribution in [0.2, 0.25) is 0 Å². The Balaban J connectivity index is 2.39. The van der Waals surface area contributed by atoms with E-state index in [2.05, 4.69) is 44.1 Å². The molecule has 0 saturated carbocycles. The van der Waals surface area contributed by atoms with Gasteiger partial charge in [0.25, 0.3) is 0 Å². The predicted octanol–water partition coefficient (Wildman–Crippen LogP) is 4.51. The molecule has 0 bridgehead atoms. The van der Waals surface area contributed by atoms with Gasteiger partial charge in [-0.15, -0.1) is 0 Å². The Morgan fingerprint density at radius 3 is 2.58 bits per heavy atom. The van der Waals surface area contributed by atoms with E-state index in [1.165, 1.54) is 0 Å². The first-order valence-electron chi connectivity index (χ1n) is 5.97. The first-order valence-corrected chi connectivity index (χ1v) is 7.55. The maximum absolute atomic E-state index is 5.57. The minimum atomic E-state index is 0.0107. The lowest BCUT2D eigenvalue weighted by molar-refractivity contribution is 0.411. The molecule has 0 fully saturated rings. The summed E-state index contributed by atoms with van der Waals surface area (Å²) in [5.41, 5.74) is 1.12. The molecule has 2 aromatic rings. The van der Waals surface area contributed by atoms with Gasteiger partial charge in [0.2, 0.25) is 0 Å². The summed E-state index contributed by atoms with van der Waals surface area (Å²) in [5.74, 6) is 1.69. The molecule has 0 saturated heterocycles. The minimum Gasteiger partial charge on any atom is -0.496 e. The maximum Gasteiger partial charge on any atom is 0.139 e. The highest BCUT2D eigenvalue weighted by Gasteiger charge is 2.20. The highest BCUT2D eigenvalue weighted by atomic mass is 79.9. The zero-order valence-electron chi connectivity index (χ0n) is 10.7. The molecule has 19 heavy (non-hydrogen) atoms. The number of nitrogens with one attached hydrogen (secondary N) is 1. The van der Waals surface area contributed by atoms with Crippen molar-refractivity contribution in [3.05, 3.63) is 50.8 Å². The van der Waals surface area contributed by atoms with Crippen LogP contribution in [0.4, 0.5) is 0 Å². The molecular weight excluding hydrogens is 374 g/mol.